The van der Waals surface area contributed by atoms with Crippen LogP contribution in [0.4, 0.5) is 5.69 Å². The zero-order valence-electron chi connectivity index (χ0n) is 38.0. The number of benzene rings is 4. The molecule has 0 spiro atoms. The molecule has 0 radical (unpaired) electrons. The van der Waals surface area contributed by atoms with E-state index in [1.807, 2.05) is 6.08 Å². The van der Waals surface area contributed by atoms with E-state index in [2.05, 4.69) is 240 Å². The van der Waals surface area contributed by atoms with Crippen LogP contribution in [-0.4, -0.2) is 6.54 Å². The molecule has 0 unspecified atom stereocenters. The van der Waals surface area contributed by atoms with Crippen LogP contribution in [-0.2, 0) is 5.41 Å². The summed E-state index contributed by atoms with van der Waals surface area (Å²) >= 11 is 0. The van der Waals surface area contributed by atoms with Crippen LogP contribution in [0, 0.1) is 5.41 Å². The van der Waals surface area contributed by atoms with E-state index in [4.69, 9.17) is 6.58 Å². The molecule has 0 N–H and O–H groups in total. The van der Waals surface area contributed by atoms with E-state index < -0.39 is 0 Å². The molecule has 314 valence electrons. The van der Waals surface area contributed by atoms with Gasteiger partial charge in [-0.3, -0.25) is 0 Å². The van der Waals surface area contributed by atoms with E-state index >= 15 is 0 Å². The highest BCUT2D eigenvalue weighted by atomic mass is 15.1. The predicted octanol–water partition coefficient (Wildman–Crippen LogP) is 16.2. The lowest BCUT2D eigenvalue weighted by molar-refractivity contribution is 0.557. The van der Waals surface area contributed by atoms with Gasteiger partial charge in [-0.1, -0.05) is 205 Å². The Labute approximate surface area is 381 Å². The minimum absolute atomic E-state index is 0.168. The van der Waals surface area contributed by atoms with Gasteiger partial charge in [0.25, 0.3) is 0 Å². The first-order valence-electron chi connectivity index (χ1n) is 22.6. The Balaban J connectivity index is 1.13. The number of hydrogen-bond donors (Lipinski definition) is 0. The Morgan fingerprint density at radius 2 is 1.45 bits per heavy atom. The van der Waals surface area contributed by atoms with Gasteiger partial charge in [0.1, 0.15) is 0 Å². The maximum absolute atomic E-state index is 4.77. The number of anilines is 1. The highest BCUT2D eigenvalue weighted by Crippen LogP contribution is 2.53. The fourth-order valence-corrected chi connectivity index (χ4v) is 9.99. The zero-order chi connectivity index (χ0) is 44.4. The van der Waals surface area contributed by atoms with E-state index in [0.29, 0.717) is 6.54 Å². The molecule has 0 aliphatic heterocycles. The smallest absolute Gasteiger partial charge is 0.0415 e. The minimum Gasteiger partial charge on any atom is -0.338 e. The van der Waals surface area contributed by atoms with Crippen molar-refractivity contribution in [2.75, 3.05) is 11.4 Å². The molecule has 0 amide bonds. The second-order valence-electron chi connectivity index (χ2n) is 18.3. The molecule has 0 atom stereocenters. The molecule has 1 nitrogen and oxygen atoms in total. The molecule has 64 heavy (non-hydrogen) atoms. The van der Waals surface area contributed by atoms with Gasteiger partial charge in [0.05, 0.1) is 0 Å². The summed E-state index contributed by atoms with van der Waals surface area (Å²) in [4.78, 5) is 2.41. The van der Waals surface area contributed by atoms with E-state index in [1.165, 1.54) is 72.4 Å². The minimum atomic E-state index is -0.231. The maximum atomic E-state index is 4.77. The van der Waals surface area contributed by atoms with Crippen molar-refractivity contribution in [2.45, 2.75) is 52.9 Å². The second kappa shape index (κ2) is 17.5. The van der Waals surface area contributed by atoms with Crippen LogP contribution in [0.3, 0.4) is 0 Å². The Kier molecular flexibility index (Phi) is 11.5. The van der Waals surface area contributed by atoms with Crippen LogP contribution in [0.25, 0.3) is 22.3 Å². The summed E-state index contributed by atoms with van der Waals surface area (Å²) in [6.07, 6.45) is 33.0. The summed E-state index contributed by atoms with van der Waals surface area (Å²) in [5, 5.41) is 0. The normalized spacial score (nSPS) is 19.3. The Hall–Kier alpha value is -7.18. The fraction of sp³-hybridized carbons (Fsp3) is 0.159. The van der Waals surface area contributed by atoms with E-state index in [-0.39, 0.29) is 10.8 Å². The molecule has 0 aromatic heterocycles. The molecule has 4 aromatic rings. The van der Waals surface area contributed by atoms with Crippen molar-refractivity contribution in [1.29, 1.82) is 0 Å². The topological polar surface area (TPSA) is 3.24 Å². The molecule has 4 bridgehead atoms. The number of allylic oxidation sites excluding steroid dienone is 23. The third-order valence-corrected chi connectivity index (χ3v) is 13.8. The summed E-state index contributed by atoms with van der Waals surface area (Å²) in [7, 11) is 0. The third-order valence-electron chi connectivity index (χ3n) is 13.8. The molecule has 0 saturated heterocycles. The fourth-order valence-electron chi connectivity index (χ4n) is 9.99. The average molecular weight is 828 g/mol. The molecule has 1 heteroatoms. The Morgan fingerprint density at radius 1 is 0.750 bits per heavy atom. The molecule has 0 fully saturated rings. The van der Waals surface area contributed by atoms with Gasteiger partial charge in [-0.15, -0.1) is 5.73 Å². The lowest BCUT2D eigenvalue weighted by Gasteiger charge is -2.39. The molecule has 0 heterocycles. The summed E-state index contributed by atoms with van der Waals surface area (Å²) in [6, 6.07) is 39.2. The maximum Gasteiger partial charge on any atom is 0.0415 e. The van der Waals surface area contributed by atoms with Crippen molar-refractivity contribution in [3.63, 3.8) is 0 Å². The van der Waals surface area contributed by atoms with Crippen molar-refractivity contribution in [3.05, 3.63) is 286 Å². The average Bonchev–Trinajstić information content (AvgIpc) is 3.79. The second-order valence-corrected chi connectivity index (χ2v) is 18.3. The van der Waals surface area contributed by atoms with Gasteiger partial charge in [0, 0.05) is 39.9 Å². The van der Waals surface area contributed by atoms with Gasteiger partial charge in [-0.05, 0) is 128 Å². The van der Waals surface area contributed by atoms with Crippen LogP contribution < -0.4 is 4.90 Å². The van der Waals surface area contributed by atoms with Crippen LogP contribution in [0.5, 0.6) is 0 Å². The molecule has 4 aromatic carbocycles. The van der Waals surface area contributed by atoms with Gasteiger partial charge in [-0.2, -0.15) is 0 Å². The molecular formula is C63H57N. The van der Waals surface area contributed by atoms with Crippen molar-refractivity contribution < 1.29 is 0 Å². The standard InChI is InChI=1S/C63H57N/c1-8-21-46(47-22-11-9-12-23-47)28-20-41-64(54-36-33-49(34-37-54)48-24-13-10-14-25-48)53-30-19-27-50(35-38-53)56-40-39-55(58-43-60(56)63(6,7)59-32-18-17-31-57(58)59)44(2)61-45(3)62(4,5)52-29-16-15-26-51(61)42-52/h8-26,28-40H,1,3,27,41,43H2,2,4-7H3/b28-20-,46-21+,61-44-. The highest BCUT2D eigenvalue weighted by Gasteiger charge is 2.39. The lowest BCUT2D eigenvalue weighted by atomic mass is 9.64. The highest BCUT2D eigenvalue weighted by molar-refractivity contribution is 5.86. The van der Waals surface area contributed by atoms with Gasteiger partial charge in [0.2, 0.25) is 0 Å². The monoisotopic (exact) mass is 827 g/mol. The van der Waals surface area contributed by atoms with Crippen LogP contribution in [0.15, 0.2) is 269 Å². The summed E-state index contributed by atoms with van der Waals surface area (Å²) in [6.45, 7) is 21.2. The van der Waals surface area contributed by atoms with E-state index in [0.717, 1.165) is 40.9 Å². The van der Waals surface area contributed by atoms with Gasteiger partial charge in [-0.25, -0.2) is 0 Å². The lowest BCUT2D eigenvalue weighted by Crippen LogP contribution is -2.28. The summed E-state index contributed by atoms with van der Waals surface area (Å²) in [5.41, 5.74) is 25.8. The molecule has 9 rings (SSSR count). The van der Waals surface area contributed by atoms with Gasteiger partial charge < -0.3 is 4.90 Å². The van der Waals surface area contributed by atoms with E-state index in [9.17, 15) is 0 Å². The molecule has 5 aliphatic rings. The summed E-state index contributed by atoms with van der Waals surface area (Å²) < 4.78 is 0. The Morgan fingerprint density at radius 3 is 2.22 bits per heavy atom. The molecule has 5 aliphatic carbocycles. The molecular weight excluding hydrogens is 771 g/mol. The van der Waals surface area contributed by atoms with Gasteiger partial charge in [0.15, 0.2) is 0 Å². The quantitative estimate of drug-likeness (QED) is 0.114. The number of fused-ring (bicyclic) bond motifs is 4. The zero-order valence-corrected chi connectivity index (χ0v) is 38.0. The largest absolute Gasteiger partial charge is 0.338 e. The predicted molar refractivity (Wildman–Crippen MR) is 275 cm³/mol. The molecule has 0 saturated carbocycles. The van der Waals surface area contributed by atoms with E-state index in [1.54, 1.807) is 0 Å². The summed E-state index contributed by atoms with van der Waals surface area (Å²) in [5.74, 6) is 0. The third kappa shape index (κ3) is 7.89. The van der Waals surface area contributed by atoms with Crippen LogP contribution >= 0.6 is 0 Å². The van der Waals surface area contributed by atoms with Crippen LogP contribution in [0.1, 0.15) is 64.2 Å². The van der Waals surface area contributed by atoms with Crippen molar-refractivity contribution in [3.8, 4) is 11.1 Å². The first-order chi connectivity index (χ1) is 31.1. The first-order valence-corrected chi connectivity index (χ1v) is 22.6. The van der Waals surface area contributed by atoms with Crippen molar-refractivity contribution >= 4 is 16.8 Å². The first kappa shape index (κ1) is 42.1. The van der Waals surface area contributed by atoms with Gasteiger partial charge >= 0.3 is 0 Å². The van der Waals surface area contributed by atoms with Crippen molar-refractivity contribution in [2.24, 2.45) is 5.41 Å². The number of nitrogens with zero attached hydrogens (tertiary/aromatic N) is 1. The van der Waals surface area contributed by atoms with Crippen LogP contribution in [0.2, 0.25) is 0 Å². The SMILES string of the molecule is C=C/C=C(\C=C/CN(C1=CC=C(C2=C3CC(=C(/C(C)=C4/C(=C)C(C)(C)C5=C=C4C=CC=C5)C=C2)c2ccccc2C3(C)C)CC=C1)c1ccc(-c2ccccc2)cc1)c1ccccc1. The Bertz CT molecular complexity index is 2980. The number of rotatable bonds is 10. The number of hydrogen-bond acceptors (Lipinski definition) is 1. The van der Waals surface area contributed by atoms with Crippen molar-refractivity contribution in [1.82, 2.24) is 0 Å².